The van der Waals surface area contributed by atoms with Gasteiger partial charge in [-0.25, -0.2) is 10.2 Å². The summed E-state index contributed by atoms with van der Waals surface area (Å²) in [7, 11) is 0. The summed E-state index contributed by atoms with van der Waals surface area (Å²) in [6.45, 7) is 3.43. The zero-order chi connectivity index (χ0) is 21.6. The molecule has 1 amide bonds. The molecule has 2 unspecified atom stereocenters. The highest BCUT2D eigenvalue weighted by Crippen LogP contribution is 2.37. The van der Waals surface area contributed by atoms with Crippen LogP contribution in [0.2, 0.25) is 5.02 Å². The summed E-state index contributed by atoms with van der Waals surface area (Å²) in [6.07, 6.45) is 0. The minimum Gasteiger partial charge on any atom is -0.478 e. The Morgan fingerprint density at radius 1 is 1.20 bits per heavy atom. The lowest BCUT2D eigenvalue weighted by Gasteiger charge is -2.19. The molecule has 10 heteroatoms. The number of furan rings is 1. The van der Waals surface area contributed by atoms with Crippen molar-refractivity contribution < 1.29 is 19.1 Å². The number of carboxylic acid groups (broad SMARTS) is 1. The maximum atomic E-state index is 12.5. The van der Waals surface area contributed by atoms with E-state index >= 15 is 0 Å². The SMILES string of the molecule is CC1=NNC(=O)C1C(c1ccc(-c2ccc(Cl)c(C(=O)O)c2)o1)c1c(C)[nH][nH]c1=O. The van der Waals surface area contributed by atoms with E-state index in [-0.39, 0.29) is 22.1 Å². The zero-order valence-corrected chi connectivity index (χ0v) is 16.7. The topological polar surface area (TPSA) is 141 Å². The number of carbonyl (C=O) groups excluding carboxylic acids is 1. The van der Waals surface area contributed by atoms with Crippen LogP contribution in [0.3, 0.4) is 0 Å². The average molecular weight is 429 g/mol. The Bertz CT molecular complexity index is 1250. The van der Waals surface area contributed by atoms with Crippen LogP contribution in [-0.2, 0) is 4.79 Å². The van der Waals surface area contributed by atoms with Crippen molar-refractivity contribution in [3.63, 3.8) is 0 Å². The number of hydrazone groups is 1. The fourth-order valence-corrected chi connectivity index (χ4v) is 3.88. The first-order valence-corrected chi connectivity index (χ1v) is 9.40. The third-order valence-corrected chi connectivity index (χ3v) is 5.48. The number of halogens is 1. The van der Waals surface area contributed by atoms with E-state index < -0.39 is 17.8 Å². The number of rotatable bonds is 5. The molecular weight excluding hydrogens is 412 g/mol. The number of nitrogens with zero attached hydrogens (tertiary/aromatic N) is 1. The van der Waals surface area contributed by atoms with Crippen LogP contribution in [0.15, 0.2) is 44.6 Å². The van der Waals surface area contributed by atoms with Gasteiger partial charge in [0.15, 0.2) is 0 Å². The maximum absolute atomic E-state index is 12.5. The van der Waals surface area contributed by atoms with Gasteiger partial charge in [0.25, 0.3) is 5.56 Å². The van der Waals surface area contributed by atoms with Crippen LogP contribution in [0.5, 0.6) is 0 Å². The fraction of sp³-hybridized carbons (Fsp3) is 0.200. The van der Waals surface area contributed by atoms with Crippen molar-refractivity contribution in [2.24, 2.45) is 11.0 Å². The molecule has 0 bridgehead atoms. The standard InChI is InChI=1S/C20H17ClN4O5/c1-8-15(18(26)24-22-8)17(16-9(2)23-25-19(16)27)14-6-5-13(30-14)10-3-4-12(21)11(7-10)20(28)29/h3-7,15,17H,1-2H3,(H,24,26)(H,28,29)(H2,23,25,27). The van der Waals surface area contributed by atoms with E-state index in [9.17, 15) is 19.5 Å². The Hall–Kier alpha value is -3.59. The van der Waals surface area contributed by atoms with Crippen LogP contribution < -0.4 is 11.0 Å². The summed E-state index contributed by atoms with van der Waals surface area (Å²) in [5, 5.41) is 18.7. The number of aryl methyl sites for hydroxylation is 1. The first kappa shape index (κ1) is 19.7. The molecule has 4 N–H and O–H groups in total. The number of aromatic nitrogens is 2. The van der Waals surface area contributed by atoms with Crippen molar-refractivity contribution >= 4 is 29.2 Å². The van der Waals surface area contributed by atoms with Crippen molar-refractivity contribution in [1.29, 1.82) is 0 Å². The molecule has 3 aromatic rings. The van der Waals surface area contributed by atoms with E-state index in [0.29, 0.717) is 34.1 Å². The van der Waals surface area contributed by atoms with Gasteiger partial charge in [0.1, 0.15) is 11.5 Å². The lowest BCUT2D eigenvalue weighted by atomic mass is 9.81. The molecule has 30 heavy (non-hydrogen) atoms. The molecule has 4 rings (SSSR count). The normalized spacial score (nSPS) is 17.0. The summed E-state index contributed by atoms with van der Waals surface area (Å²) in [4.78, 5) is 36.3. The van der Waals surface area contributed by atoms with Gasteiger partial charge in [-0.05, 0) is 44.2 Å². The predicted molar refractivity (Wildman–Crippen MR) is 109 cm³/mol. The second kappa shape index (κ2) is 7.34. The quantitative estimate of drug-likeness (QED) is 0.494. The summed E-state index contributed by atoms with van der Waals surface area (Å²) < 4.78 is 6.01. The van der Waals surface area contributed by atoms with Crippen molar-refractivity contribution in [1.82, 2.24) is 15.6 Å². The monoisotopic (exact) mass is 428 g/mol. The van der Waals surface area contributed by atoms with Gasteiger partial charge in [-0.15, -0.1) is 0 Å². The molecule has 1 aromatic carbocycles. The Balaban J connectivity index is 1.83. The van der Waals surface area contributed by atoms with Gasteiger partial charge >= 0.3 is 5.97 Å². The number of hydrogen-bond acceptors (Lipinski definition) is 5. The minimum atomic E-state index is -1.16. The maximum Gasteiger partial charge on any atom is 0.337 e. The van der Waals surface area contributed by atoms with Gasteiger partial charge in [0.05, 0.1) is 28.0 Å². The number of amides is 1. The number of H-pyrrole nitrogens is 2. The summed E-state index contributed by atoms with van der Waals surface area (Å²) in [6, 6.07) is 7.84. The fourth-order valence-electron chi connectivity index (χ4n) is 3.69. The number of carbonyl (C=O) groups is 2. The van der Waals surface area contributed by atoms with Gasteiger partial charge in [-0.3, -0.25) is 14.7 Å². The second-order valence-corrected chi connectivity index (χ2v) is 7.41. The van der Waals surface area contributed by atoms with Gasteiger partial charge in [-0.1, -0.05) is 11.6 Å². The Kier molecular flexibility index (Phi) is 4.83. The van der Waals surface area contributed by atoms with Crippen LogP contribution in [0.4, 0.5) is 0 Å². The lowest BCUT2D eigenvalue weighted by molar-refractivity contribution is -0.122. The average Bonchev–Trinajstić information content (AvgIpc) is 3.40. The van der Waals surface area contributed by atoms with Gasteiger partial charge in [0, 0.05) is 17.0 Å². The van der Waals surface area contributed by atoms with E-state index in [1.807, 2.05) is 0 Å². The number of aromatic carboxylic acids is 1. The van der Waals surface area contributed by atoms with E-state index in [1.165, 1.54) is 12.1 Å². The summed E-state index contributed by atoms with van der Waals surface area (Å²) >= 11 is 5.94. The third kappa shape index (κ3) is 3.22. The van der Waals surface area contributed by atoms with Crippen LogP contribution in [0.25, 0.3) is 11.3 Å². The number of benzene rings is 1. The van der Waals surface area contributed by atoms with Crippen molar-refractivity contribution in [2.75, 3.05) is 0 Å². The van der Waals surface area contributed by atoms with E-state index in [1.54, 1.807) is 32.0 Å². The van der Waals surface area contributed by atoms with Crippen molar-refractivity contribution in [2.45, 2.75) is 19.8 Å². The molecule has 0 saturated carbocycles. The molecule has 9 nitrogen and oxygen atoms in total. The Morgan fingerprint density at radius 3 is 2.57 bits per heavy atom. The molecule has 2 aromatic heterocycles. The molecule has 1 aliphatic heterocycles. The van der Waals surface area contributed by atoms with Crippen LogP contribution >= 0.6 is 11.6 Å². The minimum absolute atomic E-state index is 0.0558. The van der Waals surface area contributed by atoms with Crippen LogP contribution in [0, 0.1) is 12.8 Å². The third-order valence-electron chi connectivity index (χ3n) is 5.15. The van der Waals surface area contributed by atoms with Crippen molar-refractivity contribution in [3.8, 4) is 11.3 Å². The zero-order valence-electron chi connectivity index (χ0n) is 15.9. The van der Waals surface area contributed by atoms with Crippen LogP contribution in [-0.4, -0.2) is 32.9 Å². The van der Waals surface area contributed by atoms with Gasteiger partial charge in [0.2, 0.25) is 5.91 Å². The highest BCUT2D eigenvalue weighted by Gasteiger charge is 2.41. The largest absolute Gasteiger partial charge is 0.478 e. The van der Waals surface area contributed by atoms with E-state index in [0.717, 1.165) is 0 Å². The van der Waals surface area contributed by atoms with Gasteiger partial charge in [-0.2, -0.15) is 5.10 Å². The highest BCUT2D eigenvalue weighted by atomic mass is 35.5. The smallest absolute Gasteiger partial charge is 0.337 e. The van der Waals surface area contributed by atoms with E-state index in [2.05, 4.69) is 20.7 Å². The summed E-state index contributed by atoms with van der Waals surface area (Å²) in [5.74, 6) is -2.18. The Labute approximate surface area is 174 Å². The number of nitrogens with one attached hydrogen (secondary N) is 3. The summed E-state index contributed by atoms with van der Waals surface area (Å²) in [5.41, 5.74) is 4.01. The Morgan fingerprint density at radius 2 is 1.97 bits per heavy atom. The number of carboxylic acids is 1. The molecule has 1 aliphatic rings. The number of aromatic amines is 2. The first-order chi connectivity index (χ1) is 14.3. The molecule has 154 valence electrons. The van der Waals surface area contributed by atoms with Gasteiger partial charge < -0.3 is 14.6 Å². The molecule has 0 radical (unpaired) electrons. The lowest BCUT2D eigenvalue weighted by Crippen LogP contribution is -2.31. The predicted octanol–water partition coefficient (Wildman–Crippen LogP) is 2.88. The molecular formula is C20H17ClN4O5. The van der Waals surface area contributed by atoms with Crippen molar-refractivity contribution in [3.05, 3.63) is 68.3 Å². The first-order valence-electron chi connectivity index (χ1n) is 9.02. The molecule has 0 fully saturated rings. The molecule has 0 saturated heterocycles. The molecule has 0 spiro atoms. The van der Waals surface area contributed by atoms with Crippen LogP contribution in [0.1, 0.15) is 40.2 Å². The number of hydrogen-bond donors (Lipinski definition) is 4. The molecule has 0 aliphatic carbocycles. The second-order valence-electron chi connectivity index (χ2n) is 7.00. The highest BCUT2D eigenvalue weighted by molar-refractivity contribution is 6.33. The molecule has 3 heterocycles. The van der Waals surface area contributed by atoms with E-state index in [4.69, 9.17) is 16.0 Å². The molecule has 2 atom stereocenters.